The van der Waals surface area contributed by atoms with Gasteiger partial charge in [0.15, 0.2) is 0 Å². The fraction of sp³-hybridized carbons (Fsp3) is 0.500. The van der Waals surface area contributed by atoms with Gasteiger partial charge in [-0.3, -0.25) is 9.28 Å². The molecule has 1 aromatic carbocycles. The fourth-order valence-corrected chi connectivity index (χ4v) is 4.10. The number of hydrogen-bond acceptors (Lipinski definition) is 4. The quantitative estimate of drug-likeness (QED) is 0.298. The van der Waals surface area contributed by atoms with Crippen LogP contribution in [-0.2, 0) is 0 Å². The van der Waals surface area contributed by atoms with Crippen LogP contribution in [0.2, 0.25) is 0 Å². The molecule has 0 saturated carbocycles. The zero-order valence-corrected chi connectivity index (χ0v) is 15.5. The Morgan fingerprint density at radius 1 is 1.00 bits per heavy atom. The van der Waals surface area contributed by atoms with Gasteiger partial charge in [-0.15, -0.1) is 0 Å². The monoisotopic (exact) mass is 464 g/mol. The third kappa shape index (κ3) is 3.04. The summed E-state index contributed by atoms with van der Waals surface area (Å²) in [7, 11) is 0. The van der Waals surface area contributed by atoms with E-state index < -0.39 is 0 Å². The van der Waals surface area contributed by atoms with E-state index in [4.69, 9.17) is 0 Å². The summed E-state index contributed by atoms with van der Waals surface area (Å²) in [5, 5.41) is 0. The van der Waals surface area contributed by atoms with Crippen LogP contribution in [-0.4, -0.2) is 71.5 Å². The second kappa shape index (κ2) is 5.86. The Kier molecular flexibility index (Phi) is 4.41. The number of carbonyl (C=O) groups excluding carboxylic acids is 1. The molecule has 4 saturated heterocycles. The van der Waals surface area contributed by atoms with Gasteiger partial charge >= 0.3 is 0 Å². The van der Waals surface area contributed by atoms with Crippen molar-refractivity contribution < 1.29 is 33.3 Å². The lowest BCUT2D eigenvalue weighted by Gasteiger charge is -2.60. The normalized spacial score (nSPS) is 36.3. The van der Waals surface area contributed by atoms with Crippen molar-refractivity contribution in [3.05, 3.63) is 34.3 Å². The predicted molar refractivity (Wildman–Crippen MR) is 78.3 cm³/mol. The Labute approximate surface area is 150 Å². The van der Waals surface area contributed by atoms with Crippen molar-refractivity contribution in [1.29, 1.82) is 0 Å². The highest BCUT2D eigenvalue weighted by Crippen LogP contribution is 2.28. The summed E-state index contributed by atoms with van der Waals surface area (Å²) < 4.78 is 1.89. The van der Waals surface area contributed by atoms with Crippen molar-refractivity contribution in [1.82, 2.24) is 14.7 Å². The van der Waals surface area contributed by atoms with Gasteiger partial charge in [0.25, 0.3) is 0 Å². The number of rotatable bonds is 3. The van der Waals surface area contributed by atoms with Crippen molar-refractivity contribution >= 4 is 21.7 Å². The van der Waals surface area contributed by atoms with Crippen LogP contribution in [0.5, 0.6) is 0 Å². The van der Waals surface area contributed by atoms with Crippen molar-refractivity contribution in [2.45, 2.75) is 0 Å². The minimum atomic E-state index is 0. The second-order valence-electron chi connectivity index (χ2n) is 6.29. The standard InChI is InChI=1S/C14H18BrN4O.HI/c15-13-3-1-12(2-4-13)14(20)5-19-9-16-6-17(10-19)8-18(7-16)11-19;/h1-4H,5-11H2;1H/q+1;/p-1. The van der Waals surface area contributed by atoms with E-state index in [9.17, 15) is 4.79 Å². The highest BCUT2D eigenvalue weighted by Gasteiger charge is 2.49. The third-order valence-electron chi connectivity index (χ3n) is 4.35. The van der Waals surface area contributed by atoms with Crippen LogP contribution in [0.3, 0.4) is 0 Å². The van der Waals surface area contributed by atoms with Crippen LogP contribution in [0.4, 0.5) is 0 Å². The maximum atomic E-state index is 12.6. The first-order valence-corrected chi connectivity index (χ1v) is 7.72. The number of quaternary nitrogens is 1. The average molecular weight is 465 g/mol. The number of halogens is 2. The summed E-state index contributed by atoms with van der Waals surface area (Å²) in [5.74, 6) is 0.253. The number of Topliss-reactive ketones (excluding diaryl/α,β-unsaturated/α-hetero) is 1. The van der Waals surface area contributed by atoms with Gasteiger partial charge < -0.3 is 24.0 Å². The van der Waals surface area contributed by atoms with E-state index in [0.717, 1.165) is 54.5 Å². The van der Waals surface area contributed by atoms with Gasteiger partial charge in [0.1, 0.15) is 26.6 Å². The molecule has 0 N–H and O–H groups in total. The molecule has 5 nitrogen and oxygen atoms in total. The summed E-state index contributed by atoms with van der Waals surface area (Å²) in [6.07, 6.45) is 0. The Morgan fingerprint density at radius 2 is 1.48 bits per heavy atom. The molecule has 0 amide bonds. The highest BCUT2D eigenvalue weighted by atomic mass is 127. The summed E-state index contributed by atoms with van der Waals surface area (Å²) >= 11 is 3.41. The fourth-order valence-electron chi connectivity index (χ4n) is 3.84. The molecule has 4 aliphatic heterocycles. The molecule has 4 aliphatic rings. The van der Waals surface area contributed by atoms with E-state index in [1.807, 2.05) is 24.3 Å². The van der Waals surface area contributed by atoms with Crippen LogP contribution >= 0.6 is 15.9 Å². The summed E-state index contributed by atoms with van der Waals surface area (Å²) in [4.78, 5) is 19.9. The van der Waals surface area contributed by atoms with Gasteiger partial charge in [-0.2, -0.15) is 0 Å². The van der Waals surface area contributed by atoms with Gasteiger partial charge in [0.05, 0.1) is 20.0 Å². The number of benzene rings is 1. The predicted octanol–water partition coefficient (Wildman–Crippen LogP) is -1.86. The number of carbonyl (C=O) groups is 1. The largest absolute Gasteiger partial charge is 1.00 e. The Morgan fingerprint density at radius 3 is 1.95 bits per heavy atom. The lowest BCUT2D eigenvalue weighted by atomic mass is 10.1. The molecule has 4 heterocycles. The molecule has 5 rings (SSSR count). The van der Waals surface area contributed by atoms with E-state index in [2.05, 4.69) is 30.6 Å². The van der Waals surface area contributed by atoms with E-state index in [0.29, 0.717) is 6.54 Å². The molecule has 0 aliphatic carbocycles. The Balaban J connectivity index is 0.00000132. The topological polar surface area (TPSA) is 26.8 Å². The maximum absolute atomic E-state index is 12.6. The van der Waals surface area contributed by atoms with Crippen molar-refractivity contribution in [3.63, 3.8) is 0 Å². The molecular weight excluding hydrogens is 447 g/mol. The zero-order chi connectivity index (χ0) is 13.7. The summed E-state index contributed by atoms with van der Waals surface area (Å²) in [6.45, 7) is 6.81. The molecule has 21 heavy (non-hydrogen) atoms. The van der Waals surface area contributed by atoms with E-state index in [1.54, 1.807) is 0 Å². The van der Waals surface area contributed by atoms with Gasteiger partial charge in [-0.1, -0.05) is 28.1 Å². The minimum absolute atomic E-state index is 0. The number of hydrogen-bond donors (Lipinski definition) is 0. The zero-order valence-electron chi connectivity index (χ0n) is 11.7. The van der Waals surface area contributed by atoms with E-state index in [-0.39, 0.29) is 29.8 Å². The van der Waals surface area contributed by atoms with Crippen LogP contribution < -0.4 is 24.0 Å². The average Bonchev–Trinajstić information content (AvgIpc) is 2.37. The minimum Gasteiger partial charge on any atom is -1.00 e. The van der Waals surface area contributed by atoms with Crippen LogP contribution in [0.25, 0.3) is 0 Å². The highest BCUT2D eigenvalue weighted by molar-refractivity contribution is 9.10. The first kappa shape index (κ1) is 15.8. The lowest BCUT2D eigenvalue weighted by molar-refractivity contribution is -0.973. The number of ketones is 1. The molecule has 0 aromatic heterocycles. The molecule has 4 fully saturated rings. The molecule has 1 aromatic rings. The Bertz CT molecular complexity index is 515. The summed E-state index contributed by atoms with van der Waals surface area (Å²) in [5.41, 5.74) is 0.821. The Hall–Kier alpha value is -0.0600. The van der Waals surface area contributed by atoms with Crippen molar-refractivity contribution in [2.75, 3.05) is 46.6 Å². The molecule has 0 spiro atoms. The van der Waals surface area contributed by atoms with Crippen LogP contribution in [0, 0.1) is 0 Å². The van der Waals surface area contributed by atoms with Gasteiger partial charge in [0, 0.05) is 10.0 Å². The van der Waals surface area contributed by atoms with Crippen molar-refractivity contribution in [2.24, 2.45) is 0 Å². The maximum Gasteiger partial charge on any atom is 0.217 e. The van der Waals surface area contributed by atoms with E-state index >= 15 is 0 Å². The molecule has 0 atom stereocenters. The molecule has 7 heteroatoms. The van der Waals surface area contributed by atoms with Crippen molar-refractivity contribution in [3.8, 4) is 0 Å². The molecule has 0 unspecified atom stereocenters. The first-order chi connectivity index (χ1) is 9.62. The van der Waals surface area contributed by atoms with Gasteiger partial charge in [-0.05, 0) is 12.1 Å². The molecular formula is C14H18BrIN4O. The van der Waals surface area contributed by atoms with E-state index in [1.165, 1.54) is 0 Å². The van der Waals surface area contributed by atoms with Gasteiger partial charge in [0.2, 0.25) is 5.78 Å². The lowest BCUT2D eigenvalue weighted by Crippen LogP contribution is -3.00. The van der Waals surface area contributed by atoms with Gasteiger partial charge in [-0.25, -0.2) is 14.7 Å². The SMILES string of the molecule is O=C(C[N+]12CN3CN(CN(C3)C1)C2)c1ccc(Br)cc1.[I-]. The first-order valence-electron chi connectivity index (χ1n) is 6.93. The van der Waals surface area contributed by atoms with Crippen LogP contribution in [0.15, 0.2) is 28.7 Å². The third-order valence-corrected chi connectivity index (χ3v) is 4.87. The second-order valence-corrected chi connectivity index (χ2v) is 7.21. The molecule has 0 radical (unpaired) electrons. The van der Waals surface area contributed by atoms with Crippen LogP contribution in [0.1, 0.15) is 10.4 Å². The molecule has 114 valence electrons. The summed E-state index contributed by atoms with van der Waals surface area (Å²) in [6, 6.07) is 7.71. The number of nitrogens with zero attached hydrogens (tertiary/aromatic N) is 4. The molecule has 4 bridgehead atoms. The smallest absolute Gasteiger partial charge is 0.217 e.